The zero-order chi connectivity index (χ0) is 14.4. The van der Waals surface area contributed by atoms with E-state index in [2.05, 4.69) is 0 Å². The van der Waals surface area contributed by atoms with Gasteiger partial charge in [0.15, 0.2) is 0 Å². The summed E-state index contributed by atoms with van der Waals surface area (Å²) in [5.74, 6) is 0.571. The number of hydrogen-bond acceptors (Lipinski definition) is 5. The molecular formula is C14H18O5. The molecule has 0 bridgehead atoms. The standard InChI is InChI=1S/C14H18O5/c1-9(15)4-11(16)7-14(17)10-5-12(18-2)8-13(6-10)19-3/h5-6,8,14,17H,4,7H2,1-3H3. The van der Waals surface area contributed by atoms with Gasteiger partial charge >= 0.3 is 0 Å². The SMILES string of the molecule is COc1cc(OC)cc(C(O)CC(=O)CC(C)=O)c1. The largest absolute Gasteiger partial charge is 0.497 e. The average molecular weight is 266 g/mol. The molecule has 1 aromatic carbocycles. The van der Waals surface area contributed by atoms with Crippen molar-refractivity contribution in [2.45, 2.75) is 25.9 Å². The van der Waals surface area contributed by atoms with Gasteiger partial charge in [-0.3, -0.25) is 9.59 Å². The van der Waals surface area contributed by atoms with Crippen LogP contribution in [0.4, 0.5) is 0 Å². The highest BCUT2D eigenvalue weighted by atomic mass is 16.5. The van der Waals surface area contributed by atoms with Gasteiger partial charge in [0.2, 0.25) is 0 Å². The first-order chi connectivity index (χ1) is 8.96. The molecule has 0 radical (unpaired) electrons. The maximum absolute atomic E-state index is 11.5. The number of aliphatic hydroxyl groups is 1. The number of ether oxygens (including phenoxy) is 2. The van der Waals surface area contributed by atoms with E-state index in [4.69, 9.17) is 9.47 Å². The summed E-state index contributed by atoms with van der Waals surface area (Å²) in [6.45, 7) is 1.35. The Kier molecular flexibility index (Phi) is 5.51. The van der Waals surface area contributed by atoms with Crippen molar-refractivity contribution in [3.8, 4) is 11.5 Å². The van der Waals surface area contributed by atoms with E-state index in [1.807, 2.05) is 0 Å². The summed E-state index contributed by atoms with van der Waals surface area (Å²) in [7, 11) is 3.01. The minimum absolute atomic E-state index is 0.101. The second kappa shape index (κ2) is 6.89. The lowest BCUT2D eigenvalue weighted by Crippen LogP contribution is -2.10. The number of rotatable bonds is 7. The average Bonchev–Trinajstić information content (AvgIpc) is 2.36. The Balaban J connectivity index is 2.83. The van der Waals surface area contributed by atoms with Gasteiger partial charge < -0.3 is 14.6 Å². The minimum Gasteiger partial charge on any atom is -0.497 e. The molecule has 0 spiro atoms. The molecule has 0 amide bonds. The monoisotopic (exact) mass is 266 g/mol. The summed E-state index contributed by atoms with van der Waals surface area (Å²) in [6.07, 6.45) is -1.23. The number of hydrogen-bond donors (Lipinski definition) is 1. The third-order valence-electron chi connectivity index (χ3n) is 2.63. The van der Waals surface area contributed by atoms with Gasteiger partial charge in [0.25, 0.3) is 0 Å². The highest BCUT2D eigenvalue weighted by molar-refractivity contribution is 5.98. The van der Waals surface area contributed by atoms with Gasteiger partial charge in [-0.05, 0) is 24.6 Å². The molecule has 0 saturated heterocycles. The van der Waals surface area contributed by atoms with Crippen LogP contribution in [-0.4, -0.2) is 30.9 Å². The van der Waals surface area contributed by atoms with Crippen LogP contribution in [0.15, 0.2) is 18.2 Å². The molecule has 0 aromatic heterocycles. The molecule has 1 unspecified atom stereocenters. The van der Waals surface area contributed by atoms with Gasteiger partial charge in [-0.1, -0.05) is 0 Å². The fourth-order valence-corrected chi connectivity index (χ4v) is 1.71. The van der Waals surface area contributed by atoms with E-state index in [0.717, 1.165) is 0 Å². The zero-order valence-electron chi connectivity index (χ0n) is 11.3. The summed E-state index contributed by atoms with van der Waals surface area (Å²) in [5, 5.41) is 10.0. The maximum Gasteiger partial charge on any atom is 0.143 e. The maximum atomic E-state index is 11.5. The van der Waals surface area contributed by atoms with E-state index in [1.165, 1.54) is 21.1 Å². The molecule has 5 nitrogen and oxygen atoms in total. The van der Waals surface area contributed by atoms with Crippen LogP contribution >= 0.6 is 0 Å². The lowest BCUT2D eigenvalue weighted by Gasteiger charge is -2.13. The van der Waals surface area contributed by atoms with Crippen LogP contribution in [0.3, 0.4) is 0 Å². The van der Waals surface area contributed by atoms with Crippen LogP contribution in [0.25, 0.3) is 0 Å². The van der Waals surface area contributed by atoms with Crippen molar-refractivity contribution in [1.82, 2.24) is 0 Å². The highest BCUT2D eigenvalue weighted by Crippen LogP contribution is 2.28. The molecule has 0 aliphatic heterocycles. The molecule has 0 heterocycles. The molecule has 0 fully saturated rings. The normalized spacial score (nSPS) is 11.8. The van der Waals surface area contributed by atoms with Gasteiger partial charge in [-0.2, -0.15) is 0 Å². The van der Waals surface area contributed by atoms with Crippen LogP contribution in [0.2, 0.25) is 0 Å². The van der Waals surface area contributed by atoms with Crippen LogP contribution < -0.4 is 9.47 Å². The third-order valence-corrected chi connectivity index (χ3v) is 2.63. The Hall–Kier alpha value is -1.88. The van der Waals surface area contributed by atoms with E-state index >= 15 is 0 Å². The molecule has 5 heteroatoms. The molecule has 0 aliphatic carbocycles. The third kappa shape index (κ3) is 4.71. The first-order valence-electron chi connectivity index (χ1n) is 5.88. The van der Waals surface area contributed by atoms with Crippen molar-refractivity contribution in [1.29, 1.82) is 0 Å². The quantitative estimate of drug-likeness (QED) is 0.760. The number of methoxy groups -OCH3 is 2. The van der Waals surface area contributed by atoms with Crippen molar-refractivity contribution in [2.75, 3.05) is 14.2 Å². The predicted octanol–water partition coefficient (Wildman–Crippen LogP) is 1.68. The molecule has 0 saturated carbocycles. The van der Waals surface area contributed by atoms with Gasteiger partial charge in [0, 0.05) is 12.5 Å². The van der Waals surface area contributed by atoms with Crippen LogP contribution in [0, 0.1) is 0 Å². The van der Waals surface area contributed by atoms with Gasteiger partial charge in [0.1, 0.15) is 23.1 Å². The Labute approximate surface area is 112 Å². The first kappa shape index (κ1) is 15.2. The predicted molar refractivity (Wildman–Crippen MR) is 69.4 cm³/mol. The van der Waals surface area contributed by atoms with Crippen LogP contribution in [0.5, 0.6) is 11.5 Å². The Morgan fingerprint density at radius 3 is 2.11 bits per heavy atom. The van der Waals surface area contributed by atoms with E-state index in [9.17, 15) is 14.7 Å². The van der Waals surface area contributed by atoms with Crippen molar-refractivity contribution < 1.29 is 24.2 Å². The van der Waals surface area contributed by atoms with E-state index in [0.29, 0.717) is 17.1 Å². The van der Waals surface area contributed by atoms with E-state index in [-0.39, 0.29) is 24.4 Å². The number of benzene rings is 1. The van der Waals surface area contributed by atoms with Gasteiger partial charge in [-0.15, -0.1) is 0 Å². The molecule has 1 rings (SSSR count). The Morgan fingerprint density at radius 2 is 1.68 bits per heavy atom. The lowest BCUT2D eigenvalue weighted by molar-refractivity contribution is -0.127. The molecule has 1 atom stereocenters. The van der Waals surface area contributed by atoms with Crippen LogP contribution in [0.1, 0.15) is 31.4 Å². The molecule has 1 aromatic rings. The second-order valence-corrected chi connectivity index (χ2v) is 4.28. The van der Waals surface area contributed by atoms with Crippen molar-refractivity contribution in [3.05, 3.63) is 23.8 Å². The van der Waals surface area contributed by atoms with Crippen LogP contribution in [-0.2, 0) is 9.59 Å². The highest BCUT2D eigenvalue weighted by Gasteiger charge is 2.16. The summed E-state index contributed by atoms with van der Waals surface area (Å²) in [6, 6.07) is 4.94. The molecule has 1 N–H and O–H groups in total. The summed E-state index contributed by atoms with van der Waals surface area (Å²) < 4.78 is 10.2. The number of carbonyl (C=O) groups is 2. The zero-order valence-corrected chi connectivity index (χ0v) is 11.3. The summed E-state index contributed by atoms with van der Waals surface area (Å²) in [5.41, 5.74) is 0.521. The lowest BCUT2D eigenvalue weighted by atomic mass is 10.0. The fraction of sp³-hybridized carbons (Fsp3) is 0.429. The van der Waals surface area contributed by atoms with Crippen molar-refractivity contribution in [2.24, 2.45) is 0 Å². The number of carbonyl (C=O) groups excluding carboxylic acids is 2. The second-order valence-electron chi connectivity index (χ2n) is 4.28. The number of ketones is 2. The summed E-state index contributed by atoms with van der Waals surface area (Å²) in [4.78, 5) is 22.3. The number of Topliss-reactive ketones (excluding diaryl/α,β-unsaturated/α-hetero) is 2. The minimum atomic E-state index is -0.976. The topological polar surface area (TPSA) is 72.8 Å². The van der Waals surface area contributed by atoms with E-state index < -0.39 is 6.10 Å². The molecule has 0 aliphatic rings. The van der Waals surface area contributed by atoms with Crippen molar-refractivity contribution in [3.63, 3.8) is 0 Å². The smallest absolute Gasteiger partial charge is 0.143 e. The molecule has 104 valence electrons. The fourth-order valence-electron chi connectivity index (χ4n) is 1.71. The van der Waals surface area contributed by atoms with Gasteiger partial charge in [-0.25, -0.2) is 0 Å². The Morgan fingerprint density at radius 1 is 1.16 bits per heavy atom. The number of aliphatic hydroxyl groups excluding tert-OH is 1. The Bertz CT molecular complexity index is 445. The van der Waals surface area contributed by atoms with Crippen molar-refractivity contribution >= 4 is 11.6 Å². The van der Waals surface area contributed by atoms with Gasteiger partial charge in [0.05, 0.1) is 26.7 Å². The first-order valence-corrected chi connectivity index (χ1v) is 5.88. The summed E-state index contributed by atoms with van der Waals surface area (Å²) >= 11 is 0. The van der Waals surface area contributed by atoms with E-state index in [1.54, 1.807) is 18.2 Å². The molecular weight excluding hydrogens is 248 g/mol. The molecule has 19 heavy (non-hydrogen) atoms.